The smallest absolute Gasteiger partial charge is 0.0201 e. The van der Waals surface area contributed by atoms with Crippen LogP contribution in [-0.4, -0.2) is 23.6 Å². The predicted octanol–water partition coefficient (Wildman–Crippen LogP) is 3.98. The molecule has 1 aliphatic carbocycles. The normalized spacial score (nSPS) is 26.8. The average molecular weight is 275 g/mol. The fraction of sp³-hybridized carbons (Fsp3) is 0.647. The highest BCUT2D eigenvalue weighted by molar-refractivity contribution is 8.00. The van der Waals surface area contributed by atoms with E-state index in [-0.39, 0.29) is 0 Å². The highest BCUT2D eigenvalue weighted by Crippen LogP contribution is 2.40. The second kappa shape index (κ2) is 6.32. The lowest BCUT2D eigenvalue weighted by Crippen LogP contribution is -2.40. The Hall–Kier alpha value is -0.470. The zero-order chi connectivity index (χ0) is 13.1. The van der Waals surface area contributed by atoms with Crippen LogP contribution in [0.15, 0.2) is 24.3 Å². The Kier molecular flexibility index (Phi) is 4.49. The van der Waals surface area contributed by atoms with E-state index < -0.39 is 0 Å². The van der Waals surface area contributed by atoms with Crippen LogP contribution < -0.4 is 5.32 Å². The summed E-state index contributed by atoms with van der Waals surface area (Å²) in [5.74, 6) is 2.18. The van der Waals surface area contributed by atoms with Crippen molar-refractivity contribution in [2.75, 3.05) is 12.3 Å². The molecule has 0 saturated carbocycles. The van der Waals surface area contributed by atoms with Gasteiger partial charge in [0, 0.05) is 11.3 Å². The number of rotatable bonds is 6. The summed E-state index contributed by atoms with van der Waals surface area (Å²) >= 11 is 2.20. The summed E-state index contributed by atoms with van der Waals surface area (Å²) in [5, 5.41) is 4.68. The van der Waals surface area contributed by atoms with Gasteiger partial charge < -0.3 is 5.32 Å². The van der Waals surface area contributed by atoms with Gasteiger partial charge in [-0.2, -0.15) is 11.8 Å². The second-order valence-electron chi connectivity index (χ2n) is 5.95. The van der Waals surface area contributed by atoms with E-state index in [4.69, 9.17) is 0 Å². The Morgan fingerprint density at radius 2 is 2.26 bits per heavy atom. The minimum atomic E-state index is 0.728. The number of fused-ring (bicyclic) bond motifs is 1. The van der Waals surface area contributed by atoms with Crippen LogP contribution in [0.5, 0.6) is 0 Å². The zero-order valence-electron chi connectivity index (χ0n) is 11.9. The standard InChI is InChI=1S/C17H25NS/c1-2-9-18-16(17-8-5-10-19-17)12-14-11-13-6-3-4-7-15(13)14/h3-4,6-7,14,16-18H,2,5,8-12H2,1H3. The molecule has 2 aliphatic rings. The van der Waals surface area contributed by atoms with Crippen molar-refractivity contribution in [1.82, 2.24) is 5.32 Å². The van der Waals surface area contributed by atoms with Crippen molar-refractivity contribution in [1.29, 1.82) is 0 Å². The molecule has 0 spiro atoms. The van der Waals surface area contributed by atoms with Gasteiger partial charge in [-0.3, -0.25) is 0 Å². The highest BCUT2D eigenvalue weighted by Gasteiger charge is 2.32. The number of thioether (sulfide) groups is 1. The van der Waals surface area contributed by atoms with E-state index in [1.165, 1.54) is 44.4 Å². The molecule has 1 N–H and O–H groups in total. The van der Waals surface area contributed by atoms with Gasteiger partial charge in [0.25, 0.3) is 0 Å². The van der Waals surface area contributed by atoms with Crippen molar-refractivity contribution in [2.24, 2.45) is 0 Å². The number of hydrogen-bond donors (Lipinski definition) is 1. The van der Waals surface area contributed by atoms with Gasteiger partial charge in [0.1, 0.15) is 0 Å². The SMILES string of the molecule is CCCNC(CC1Cc2ccccc21)C1CCCS1. The molecule has 0 radical (unpaired) electrons. The Bertz CT molecular complexity index is 411. The molecule has 2 heteroatoms. The van der Waals surface area contributed by atoms with Crippen molar-refractivity contribution in [3.8, 4) is 0 Å². The van der Waals surface area contributed by atoms with Gasteiger partial charge in [0.15, 0.2) is 0 Å². The van der Waals surface area contributed by atoms with Crippen LogP contribution in [0.25, 0.3) is 0 Å². The van der Waals surface area contributed by atoms with Gasteiger partial charge in [0.2, 0.25) is 0 Å². The molecule has 1 nitrogen and oxygen atoms in total. The monoisotopic (exact) mass is 275 g/mol. The first-order chi connectivity index (χ1) is 9.38. The van der Waals surface area contributed by atoms with Crippen molar-refractivity contribution >= 4 is 11.8 Å². The van der Waals surface area contributed by atoms with E-state index in [2.05, 4.69) is 48.3 Å². The quantitative estimate of drug-likeness (QED) is 0.843. The molecule has 1 saturated heterocycles. The second-order valence-corrected chi connectivity index (χ2v) is 7.29. The molecule has 0 bridgehead atoms. The molecular weight excluding hydrogens is 250 g/mol. The van der Waals surface area contributed by atoms with E-state index in [0.29, 0.717) is 0 Å². The first-order valence-corrected chi connectivity index (χ1v) is 8.86. The van der Waals surface area contributed by atoms with Crippen LogP contribution >= 0.6 is 11.8 Å². The largest absolute Gasteiger partial charge is 0.313 e. The molecule has 19 heavy (non-hydrogen) atoms. The van der Waals surface area contributed by atoms with Gasteiger partial charge in [-0.05, 0) is 61.4 Å². The van der Waals surface area contributed by atoms with Crippen molar-refractivity contribution < 1.29 is 0 Å². The summed E-state index contributed by atoms with van der Waals surface area (Å²) < 4.78 is 0. The van der Waals surface area contributed by atoms with Crippen LogP contribution in [0.4, 0.5) is 0 Å². The topological polar surface area (TPSA) is 12.0 Å². The van der Waals surface area contributed by atoms with Gasteiger partial charge >= 0.3 is 0 Å². The van der Waals surface area contributed by atoms with Gasteiger partial charge in [-0.25, -0.2) is 0 Å². The lowest BCUT2D eigenvalue weighted by atomic mass is 9.74. The van der Waals surface area contributed by atoms with Crippen molar-refractivity contribution in [3.63, 3.8) is 0 Å². The molecule has 104 valence electrons. The number of hydrogen-bond acceptors (Lipinski definition) is 2. The minimum absolute atomic E-state index is 0.728. The molecule has 1 aliphatic heterocycles. The zero-order valence-corrected chi connectivity index (χ0v) is 12.7. The summed E-state index contributed by atoms with van der Waals surface area (Å²) in [7, 11) is 0. The summed E-state index contributed by atoms with van der Waals surface area (Å²) in [5.41, 5.74) is 3.20. The lowest BCUT2D eigenvalue weighted by molar-refractivity contribution is 0.403. The van der Waals surface area contributed by atoms with E-state index in [1.807, 2.05) is 0 Å². The summed E-state index contributed by atoms with van der Waals surface area (Å²) in [6, 6.07) is 9.73. The van der Waals surface area contributed by atoms with Crippen LogP contribution in [0, 0.1) is 0 Å². The summed E-state index contributed by atoms with van der Waals surface area (Å²) in [6.45, 7) is 3.45. The molecule has 1 fully saturated rings. The van der Waals surface area contributed by atoms with Crippen LogP contribution in [-0.2, 0) is 6.42 Å². The average Bonchev–Trinajstić information content (AvgIpc) is 2.93. The molecule has 0 aromatic heterocycles. The lowest BCUT2D eigenvalue weighted by Gasteiger charge is -2.35. The van der Waals surface area contributed by atoms with Crippen LogP contribution in [0.3, 0.4) is 0 Å². The molecule has 3 rings (SSSR count). The number of nitrogens with one attached hydrogen (secondary N) is 1. The van der Waals surface area contributed by atoms with Crippen LogP contribution in [0.1, 0.15) is 49.7 Å². The molecule has 3 atom stereocenters. The van der Waals surface area contributed by atoms with Crippen LogP contribution in [0.2, 0.25) is 0 Å². The fourth-order valence-electron chi connectivity index (χ4n) is 3.50. The Morgan fingerprint density at radius 1 is 1.37 bits per heavy atom. The third kappa shape index (κ3) is 3.00. The van der Waals surface area contributed by atoms with E-state index in [9.17, 15) is 0 Å². The fourth-order valence-corrected chi connectivity index (χ4v) is 4.90. The van der Waals surface area contributed by atoms with E-state index >= 15 is 0 Å². The summed E-state index contributed by atoms with van der Waals surface area (Å²) in [4.78, 5) is 0. The van der Waals surface area contributed by atoms with Gasteiger partial charge in [-0.1, -0.05) is 31.2 Å². The van der Waals surface area contributed by atoms with E-state index in [1.54, 1.807) is 11.1 Å². The summed E-state index contributed by atoms with van der Waals surface area (Å²) in [6.07, 6.45) is 6.73. The number of benzene rings is 1. The maximum absolute atomic E-state index is 3.82. The third-order valence-corrected chi connectivity index (χ3v) is 6.09. The van der Waals surface area contributed by atoms with Crippen molar-refractivity contribution in [2.45, 2.75) is 56.2 Å². The Labute approximate surface area is 121 Å². The van der Waals surface area contributed by atoms with E-state index in [0.717, 1.165) is 17.2 Å². The predicted molar refractivity (Wildman–Crippen MR) is 85.1 cm³/mol. The van der Waals surface area contributed by atoms with Gasteiger partial charge in [-0.15, -0.1) is 0 Å². The Balaban J connectivity index is 1.62. The minimum Gasteiger partial charge on any atom is -0.313 e. The highest BCUT2D eigenvalue weighted by atomic mass is 32.2. The molecular formula is C17H25NS. The molecule has 1 aromatic carbocycles. The molecule has 1 aromatic rings. The first kappa shape index (κ1) is 13.5. The molecule has 1 heterocycles. The molecule has 0 amide bonds. The van der Waals surface area contributed by atoms with Gasteiger partial charge in [0.05, 0.1) is 0 Å². The first-order valence-electron chi connectivity index (χ1n) is 7.81. The Morgan fingerprint density at radius 3 is 3.00 bits per heavy atom. The maximum atomic E-state index is 3.82. The van der Waals surface area contributed by atoms with Crippen molar-refractivity contribution in [3.05, 3.63) is 35.4 Å². The maximum Gasteiger partial charge on any atom is 0.0201 e. The molecule has 3 unspecified atom stereocenters. The third-order valence-electron chi connectivity index (χ3n) is 4.57.